The third-order valence-electron chi connectivity index (χ3n) is 5.88. The molecule has 0 saturated carbocycles. The van der Waals surface area contributed by atoms with Gasteiger partial charge in [-0.1, -0.05) is 23.2 Å². The summed E-state index contributed by atoms with van der Waals surface area (Å²) in [5, 5.41) is 26.4. The molecule has 1 fully saturated rings. The maximum Gasteiger partial charge on any atom is 0.225 e. The Morgan fingerprint density at radius 3 is 1.47 bits per heavy atom. The van der Waals surface area contributed by atoms with E-state index in [1.54, 1.807) is 26.0 Å². The summed E-state index contributed by atoms with van der Waals surface area (Å²) in [5.74, 6) is -0.384. The number of piperazine rings is 1. The summed E-state index contributed by atoms with van der Waals surface area (Å²) >= 11 is 12.1. The lowest BCUT2D eigenvalue weighted by atomic mass is 10.2. The number of anilines is 2. The van der Waals surface area contributed by atoms with Crippen LogP contribution in [-0.4, -0.2) is 71.1 Å². The van der Waals surface area contributed by atoms with Gasteiger partial charge in [-0.15, -0.1) is 0 Å². The van der Waals surface area contributed by atoms with Gasteiger partial charge in [0.05, 0.1) is 11.4 Å². The number of nitrogens with zero attached hydrogens (tertiary/aromatic N) is 2. The third kappa shape index (κ3) is 7.24. The summed E-state index contributed by atoms with van der Waals surface area (Å²) in [4.78, 5) is 29.0. The van der Waals surface area contributed by atoms with Gasteiger partial charge in [0, 0.05) is 62.2 Å². The van der Waals surface area contributed by atoms with Crippen molar-refractivity contribution in [2.45, 2.75) is 26.7 Å². The largest absolute Gasteiger partial charge is 0.506 e. The molecule has 1 saturated heterocycles. The van der Waals surface area contributed by atoms with Crippen LogP contribution in [0, 0.1) is 13.8 Å². The summed E-state index contributed by atoms with van der Waals surface area (Å²) in [6.07, 6.45) is 0.603. The van der Waals surface area contributed by atoms with Gasteiger partial charge >= 0.3 is 0 Å². The fourth-order valence-electron chi connectivity index (χ4n) is 3.71. The van der Waals surface area contributed by atoms with E-state index in [-0.39, 0.29) is 23.3 Å². The molecule has 0 unspecified atom stereocenters. The van der Waals surface area contributed by atoms with Gasteiger partial charge in [0.2, 0.25) is 11.8 Å². The van der Waals surface area contributed by atoms with Crippen molar-refractivity contribution < 1.29 is 19.8 Å². The summed E-state index contributed by atoms with van der Waals surface area (Å²) in [6.45, 7) is 7.96. The molecular weight excluding hydrogens is 479 g/mol. The average molecular weight is 509 g/mol. The highest BCUT2D eigenvalue weighted by molar-refractivity contribution is 6.32. The van der Waals surface area contributed by atoms with Crippen molar-refractivity contribution in [2.24, 2.45) is 0 Å². The zero-order valence-corrected chi connectivity index (χ0v) is 20.8. The van der Waals surface area contributed by atoms with Crippen molar-refractivity contribution in [3.05, 3.63) is 45.4 Å². The Bertz CT molecular complexity index is 972. The second-order valence-corrected chi connectivity index (χ2v) is 9.33. The Kier molecular flexibility index (Phi) is 9.02. The number of carbonyl (C=O) groups excluding carboxylic acids is 2. The van der Waals surface area contributed by atoms with E-state index in [4.69, 9.17) is 23.2 Å². The minimum atomic E-state index is -0.186. The number of hydrogen-bond acceptors (Lipinski definition) is 6. The van der Waals surface area contributed by atoms with Crippen molar-refractivity contribution in [3.8, 4) is 11.5 Å². The Balaban J connectivity index is 1.36. The first-order chi connectivity index (χ1) is 16.1. The van der Waals surface area contributed by atoms with Gasteiger partial charge in [0.25, 0.3) is 0 Å². The predicted octanol–water partition coefficient (Wildman–Crippen LogP) is 4.00. The first kappa shape index (κ1) is 26.1. The molecule has 1 heterocycles. The number of benzene rings is 2. The highest BCUT2D eigenvalue weighted by Crippen LogP contribution is 2.31. The molecule has 2 aromatic rings. The molecule has 4 N–H and O–H groups in total. The van der Waals surface area contributed by atoms with Crippen LogP contribution in [-0.2, 0) is 9.59 Å². The molecule has 2 amide bonds. The van der Waals surface area contributed by atoms with Crippen LogP contribution in [0.4, 0.5) is 11.4 Å². The van der Waals surface area contributed by atoms with E-state index in [2.05, 4.69) is 20.4 Å². The zero-order chi connectivity index (χ0) is 24.8. The van der Waals surface area contributed by atoms with Gasteiger partial charge < -0.3 is 30.6 Å². The summed E-state index contributed by atoms with van der Waals surface area (Å²) in [5.41, 5.74) is 2.10. The van der Waals surface area contributed by atoms with E-state index in [0.29, 0.717) is 47.4 Å². The Morgan fingerprint density at radius 1 is 0.765 bits per heavy atom. The molecule has 0 bridgehead atoms. The molecule has 1 aliphatic heterocycles. The van der Waals surface area contributed by atoms with Crippen LogP contribution in [0.3, 0.4) is 0 Å². The predicted molar refractivity (Wildman–Crippen MR) is 135 cm³/mol. The number of phenolic OH excluding ortho intramolecular Hbond substituents is 2. The maximum absolute atomic E-state index is 12.3. The number of amides is 2. The number of nitrogens with one attached hydrogen (secondary N) is 2. The lowest BCUT2D eigenvalue weighted by Gasteiger charge is -2.34. The topological polar surface area (TPSA) is 105 Å². The van der Waals surface area contributed by atoms with Crippen LogP contribution < -0.4 is 10.6 Å². The first-order valence-electron chi connectivity index (χ1n) is 11.1. The number of phenols is 2. The van der Waals surface area contributed by atoms with Crippen molar-refractivity contribution in [1.29, 1.82) is 0 Å². The standard InChI is InChI=1S/C24H30Cl2N4O4/c1-15-11-21(31)19(13-17(15)25)27-23(33)3-5-29-7-9-30(10-8-29)6-4-24(34)28-20-14-18(26)16(2)12-22(20)32/h11-14,31-32H,3-10H2,1-2H3,(H,27,33)(H,28,34). The minimum Gasteiger partial charge on any atom is -0.506 e. The van der Waals surface area contributed by atoms with Crippen molar-refractivity contribution >= 4 is 46.4 Å². The van der Waals surface area contributed by atoms with E-state index in [9.17, 15) is 19.8 Å². The first-order valence-corrected chi connectivity index (χ1v) is 11.9. The van der Waals surface area contributed by atoms with Crippen molar-refractivity contribution in [1.82, 2.24) is 9.80 Å². The molecule has 10 heteroatoms. The van der Waals surface area contributed by atoms with Gasteiger partial charge in [-0.05, 0) is 49.2 Å². The van der Waals surface area contributed by atoms with Gasteiger partial charge in [-0.2, -0.15) is 0 Å². The molecule has 8 nitrogen and oxygen atoms in total. The van der Waals surface area contributed by atoms with E-state index in [0.717, 1.165) is 37.3 Å². The number of carbonyl (C=O) groups is 2. The van der Waals surface area contributed by atoms with E-state index >= 15 is 0 Å². The molecule has 0 radical (unpaired) electrons. The number of aromatic hydroxyl groups is 2. The van der Waals surface area contributed by atoms with Crippen LogP contribution in [0.1, 0.15) is 24.0 Å². The second kappa shape index (κ2) is 11.8. The number of halogens is 2. The van der Waals surface area contributed by atoms with E-state index < -0.39 is 0 Å². The highest BCUT2D eigenvalue weighted by atomic mass is 35.5. The zero-order valence-electron chi connectivity index (χ0n) is 19.3. The molecule has 184 valence electrons. The molecule has 2 aromatic carbocycles. The number of aryl methyl sites for hydroxylation is 2. The Hall–Kier alpha value is -2.52. The normalized spacial score (nSPS) is 14.7. The van der Waals surface area contributed by atoms with Crippen LogP contribution in [0.2, 0.25) is 10.0 Å². The molecule has 1 aliphatic rings. The van der Waals surface area contributed by atoms with Crippen LogP contribution in [0.15, 0.2) is 24.3 Å². The van der Waals surface area contributed by atoms with Gasteiger partial charge in [0.1, 0.15) is 11.5 Å². The molecule has 0 spiro atoms. The molecular formula is C24H30Cl2N4O4. The van der Waals surface area contributed by atoms with Crippen molar-refractivity contribution in [3.63, 3.8) is 0 Å². The third-order valence-corrected chi connectivity index (χ3v) is 6.69. The van der Waals surface area contributed by atoms with E-state index in [1.807, 2.05) is 0 Å². The average Bonchev–Trinajstić information content (AvgIpc) is 2.79. The Labute approximate surface area is 209 Å². The van der Waals surface area contributed by atoms with Crippen molar-refractivity contribution in [2.75, 3.05) is 49.9 Å². The Morgan fingerprint density at radius 2 is 1.12 bits per heavy atom. The monoisotopic (exact) mass is 508 g/mol. The minimum absolute atomic E-state index is 0.00594. The lowest BCUT2D eigenvalue weighted by Crippen LogP contribution is -2.47. The molecule has 0 aliphatic carbocycles. The fraction of sp³-hybridized carbons (Fsp3) is 0.417. The molecule has 0 aromatic heterocycles. The van der Waals surface area contributed by atoms with Gasteiger partial charge in [-0.3, -0.25) is 9.59 Å². The number of hydrogen-bond donors (Lipinski definition) is 4. The summed E-state index contributed by atoms with van der Waals surface area (Å²) < 4.78 is 0. The maximum atomic E-state index is 12.3. The van der Waals surface area contributed by atoms with E-state index in [1.165, 1.54) is 12.1 Å². The number of rotatable bonds is 8. The second-order valence-electron chi connectivity index (χ2n) is 8.52. The SMILES string of the molecule is Cc1cc(O)c(NC(=O)CCN2CCN(CCC(=O)Nc3cc(Cl)c(C)cc3O)CC2)cc1Cl. The highest BCUT2D eigenvalue weighted by Gasteiger charge is 2.19. The quantitative estimate of drug-likeness (QED) is 0.401. The molecule has 34 heavy (non-hydrogen) atoms. The lowest BCUT2D eigenvalue weighted by molar-refractivity contribution is -0.117. The van der Waals surface area contributed by atoms with Crippen LogP contribution in [0.5, 0.6) is 11.5 Å². The van der Waals surface area contributed by atoms with Gasteiger partial charge in [-0.25, -0.2) is 0 Å². The van der Waals surface area contributed by atoms with Crippen LogP contribution in [0.25, 0.3) is 0 Å². The smallest absolute Gasteiger partial charge is 0.225 e. The summed E-state index contributed by atoms with van der Waals surface area (Å²) in [7, 11) is 0. The molecule has 0 atom stereocenters. The molecule has 3 rings (SSSR count). The van der Waals surface area contributed by atoms with Gasteiger partial charge in [0.15, 0.2) is 0 Å². The fourth-order valence-corrected chi connectivity index (χ4v) is 4.04. The summed E-state index contributed by atoms with van der Waals surface area (Å²) in [6, 6.07) is 6.15. The van der Waals surface area contributed by atoms with Crippen LogP contribution >= 0.6 is 23.2 Å².